The van der Waals surface area contributed by atoms with Crippen LogP contribution in [0.5, 0.6) is 11.5 Å². The van der Waals surface area contributed by atoms with Gasteiger partial charge in [-0.3, -0.25) is 15.0 Å². The molecule has 13 aromatic rings. The van der Waals surface area contributed by atoms with Gasteiger partial charge in [0.25, 0.3) is 0 Å². The lowest BCUT2D eigenvalue weighted by atomic mass is 9.66. The number of benzene rings is 7. The number of nitrogens with zero attached hydrogens (tertiary/aromatic N) is 8. The van der Waals surface area contributed by atoms with E-state index in [2.05, 4.69) is 152 Å². The van der Waals surface area contributed by atoms with Gasteiger partial charge in [-0.2, -0.15) is 10.5 Å². The van der Waals surface area contributed by atoms with Crippen LogP contribution >= 0.6 is 0 Å². The topological polar surface area (TPSA) is 110 Å². The number of nitriles is 2. The van der Waals surface area contributed by atoms with E-state index in [-0.39, 0.29) is 0 Å². The molecule has 0 saturated heterocycles. The third kappa shape index (κ3) is 4.87. The molecule has 69 heavy (non-hydrogen) atoms. The second-order valence-corrected chi connectivity index (χ2v) is 17.8. The van der Waals surface area contributed by atoms with Crippen molar-refractivity contribution in [3.05, 3.63) is 228 Å². The van der Waals surface area contributed by atoms with Gasteiger partial charge in [0.05, 0.1) is 91.2 Å². The summed E-state index contributed by atoms with van der Waals surface area (Å²) < 4.78 is 13.8. The van der Waals surface area contributed by atoms with Gasteiger partial charge in [-0.1, -0.05) is 60.7 Å². The zero-order chi connectivity index (χ0) is 45.5. The lowest BCUT2D eigenvalue weighted by molar-refractivity contribution is 0.436. The van der Waals surface area contributed by atoms with Crippen LogP contribution in [0.1, 0.15) is 33.4 Å². The molecule has 0 radical (unpaired) electrons. The first kappa shape index (κ1) is 37.4. The van der Waals surface area contributed by atoms with E-state index in [0.717, 1.165) is 128 Å². The van der Waals surface area contributed by atoms with Gasteiger partial charge in [0, 0.05) is 72.8 Å². The highest BCUT2D eigenvalue weighted by Crippen LogP contribution is 2.62. The van der Waals surface area contributed by atoms with Crippen molar-refractivity contribution in [3.63, 3.8) is 0 Å². The summed E-state index contributed by atoms with van der Waals surface area (Å²) in [4.78, 5) is 15.0. The first-order valence-electron chi connectivity index (χ1n) is 22.8. The Morgan fingerprint density at radius 1 is 0.391 bits per heavy atom. The second kappa shape index (κ2) is 13.6. The van der Waals surface area contributed by atoms with E-state index < -0.39 is 5.41 Å². The summed E-state index contributed by atoms with van der Waals surface area (Å²) in [6.45, 7) is 0. The minimum Gasteiger partial charge on any atom is -0.457 e. The molecule has 1 aliphatic carbocycles. The minimum atomic E-state index is -0.849. The lowest BCUT2D eigenvalue weighted by Crippen LogP contribution is -2.32. The summed E-state index contributed by atoms with van der Waals surface area (Å²) in [7, 11) is 0. The highest BCUT2D eigenvalue weighted by Gasteiger charge is 2.53. The molecule has 0 bridgehead atoms. The average Bonchev–Trinajstić information content (AvgIpc) is 4.12. The molecule has 6 aromatic heterocycles. The maximum Gasteiger partial charge on any atom is 0.132 e. The molecule has 1 unspecified atom stereocenters. The van der Waals surface area contributed by atoms with Gasteiger partial charge in [-0.15, -0.1) is 0 Å². The molecule has 9 heteroatoms. The largest absolute Gasteiger partial charge is 0.457 e. The van der Waals surface area contributed by atoms with E-state index in [1.54, 1.807) is 0 Å². The fraction of sp³-hybridized carbons (Fsp3) is 0.0167. The number of hydrogen-bond donors (Lipinski definition) is 0. The minimum absolute atomic E-state index is 0.571. The summed E-state index contributed by atoms with van der Waals surface area (Å²) in [5, 5.41) is 26.0. The van der Waals surface area contributed by atoms with Crippen LogP contribution in [-0.4, -0.2) is 28.7 Å². The van der Waals surface area contributed by atoms with E-state index in [1.165, 1.54) is 0 Å². The van der Waals surface area contributed by atoms with Crippen LogP contribution in [0.25, 0.3) is 93.9 Å². The van der Waals surface area contributed by atoms with E-state index in [9.17, 15) is 10.5 Å². The van der Waals surface area contributed by atoms with Crippen molar-refractivity contribution < 1.29 is 4.74 Å². The fourth-order valence-electron chi connectivity index (χ4n) is 11.8. The Balaban J connectivity index is 0.980. The molecule has 2 aliphatic rings. The molecule has 1 aliphatic heterocycles. The predicted octanol–water partition coefficient (Wildman–Crippen LogP) is 13.4. The maximum atomic E-state index is 9.85. The number of ether oxygens (including phenoxy) is 1. The summed E-state index contributed by atoms with van der Waals surface area (Å²) in [5.74, 6) is 1.55. The van der Waals surface area contributed by atoms with Crippen LogP contribution < -0.4 is 4.74 Å². The molecule has 15 rings (SSSR count). The molecule has 0 N–H and O–H groups in total. The third-order valence-corrected chi connectivity index (χ3v) is 14.5. The molecule has 1 spiro atoms. The Morgan fingerprint density at radius 2 is 0.942 bits per heavy atom. The van der Waals surface area contributed by atoms with Crippen molar-refractivity contribution in [2.24, 2.45) is 0 Å². The molecule has 318 valence electrons. The monoisotopic (exact) mass is 880 g/mol. The van der Waals surface area contributed by atoms with Gasteiger partial charge >= 0.3 is 0 Å². The van der Waals surface area contributed by atoms with Crippen LogP contribution in [0.2, 0.25) is 0 Å². The van der Waals surface area contributed by atoms with Gasteiger partial charge in [-0.25, -0.2) is 0 Å². The van der Waals surface area contributed by atoms with Crippen molar-refractivity contribution in [2.45, 2.75) is 5.41 Å². The zero-order valence-corrected chi connectivity index (χ0v) is 36.5. The van der Waals surface area contributed by atoms with Crippen LogP contribution in [0.4, 0.5) is 0 Å². The van der Waals surface area contributed by atoms with Gasteiger partial charge in [-0.05, 0) is 115 Å². The van der Waals surface area contributed by atoms with Gasteiger partial charge < -0.3 is 18.4 Å². The summed E-state index contributed by atoms with van der Waals surface area (Å²) in [5.41, 5.74) is 15.1. The predicted molar refractivity (Wildman–Crippen MR) is 270 cm³/mol. The SMILES string of the molecule is N#Cc1ccc2c(c1)c1cc(C#N)ccc1n2-c1ccc2c(c1)c1ccccc1n2-c1ccc2c(c1)C1(c3ccccc3O2)c2cccnc2-c2ncc(-n3c4ccccc4c4ccncc43)cc21. The van der Waals surface area contributed by atoms with Crippen LogP contribution in [0.3, 0.4) is 0 Å². The van der Waals surface area contributed by atoms with E-state index in [4.69, 9.17) is 14.7 Å². The van der Waals surface area contributed by atoms with E-state index in [1.807, 2.05) is 73.3 Å². The Kier molecular flexibility index (Phi) is 7.38. The van der Waals surface area contributed by atoms with Crippen molar-refractivity contribution in [3.8, 4) is 52.1 Å². The first-order chi connectivity index (χ1) is 34.1. The summed E-state index contributed by atoms with van der Waals surface area (Å²) in [6, 6.07) is 63.4. The molecule has 1 atom stereocenters. The van der Waals surface area contributed by atoms with Crippen molar-refractivity contribution >= 4 is 65.4 Å². The van der Waals surface area contributed by atoms with Crippen molar-refractivity contribution in [2.75, 3.05) is 0 Å². The quantitative estimate of drug-likeness (QED) is 0.175. The average molecular weight is 881 g/mol. The third-order valence-electron chi connectivity index (χ3n) is 14.5. The van der Waals surface area contributed by atoms with Crippen LogP contribution in [-0.2, 0) is 5.41 Å². The first-order valence-corrected chi connectivity index (χ1v) is 22.8. The van der Waals surface area contributed by atoms with Crippen molar-refractivity contribution in [1.82, 2.24) is 28.7 Å². The van der Waals surface area contributed by atoms with E-state index in [0.29, 0.717) is 11.1 Å². The molecule has 0 saturated carbocycles. The maximum absolute atomic E-state index is 9.85. The Morgan fingerprint density at radius 3 is 1.70 bits per heavy atom. The zero-order valence-electron chi connectivity index (χ0n) is 36.5. The Hall–Kier alpha value is -9.83. The summed E-state index contributed by atoms with van der Waals surface area (Å²) >= 11 is 0. The van der Waals surface area contributed by atoms with Gasteiger partial charge in [0.1, 0.15) is 11.5 Å². The number of rotatable bonds is 3. The van der Waals surface area contributed by atoms with Gasteiger partial charge in [0.2, 0.25) is 0 Å². The number of para-hydroxylation sites is 3. The molecule has 0 fully saturated rings. The van der Waals surface area contributed by atoms with Gasteiger partial charge in [0.15, 0.2) is 0 Å². The molecule has 7 aromatic carbocycles. The molecular weight excluding hydrogens is 849 g/mol. The molecule has 9 nitrogen and oxygen atoms in total. The van der Waals surface area contributed by atoms with E-state index >= 15 is 0 Å². The number of aromatic nitrogens is 6. The fourth-order valence-corrected chi connectivity index (χ4v) is 11.8. The van der Waals surface area contributed by atoms with Crippen LogP contribution in [0.15, 0.2) is 195 Å². The normalized spacial score (nSPS) is 14.5. The van der Waals surface area contributed by atoms with Crippen molar-refractivity contribution in [1.29, 1.82) is 10.5 Å². The molecule has 0 amide bonds. The standard InChI is InChI=1S/C60H32N8O/c61-31-35-15-19-52-43(26-35)44-27-36(32-62)16-20-53(44)66(52)37-17-21-54-45(28-37)41-9-2-5-13-51(41)67(54)38-18-22-57-48(29-38)60(46-10-3-6-14-56(46)69-57)47-11-7-24-64-58(47)59-49(60)30-39(33-65-59)68-50-12-4-1-8-40(50)42-23-25-63-34-55(42)68/h1-30,33-34H. The highest BCUT2D eigenvalue weighted by atomic mass is 16.5. The number of hydrogen-bond acceptors (Lipinski definition) is 6. The summed E-state index contributed by atoms with van der Waals surface area (Å²) in [6.07, 6.45) is 7.62. The molecular formula is C60H32N8O. The Labute approximate surface area is 393 Å². The second-order valence-electron chi connectivity index (χ2n) is 17.8. The Bertz CT molecular complexity index is 4400. The number of pyridine rings is 3. The lowest BCUT2D eigenvalue weighted by Gasteiger charge is -2.39. The van der Waals surface area contributed by atoms with Crippen LogP contribution in [0, 0.1) is 22.7 Å². The molecule has 7 heterocycles. The smallest absolute Gasteiger partial charge is 0.132 e. The highest BCUT2D eigenvalue weighted by molar-refractivity contribution is 6.13. The number of fused-ring (bicyclic) bond motifs is 18.